The second-order valence-electron chi connectivity index (χ2n) is 6.70. The minimum absolute atomic E-state index is 0.000957. The zero-order chi connectivity index (χ0) is 17.9. The van der Waals surface area contributed by atoms with Crippen molar-refractivity contribution in [2.45, 2.75) is 13.5 Å². The standard InChI is InChI=1S/C21H23N3OS/c1-15-6-7-19-17(12-15)13-20(26-19)21(25)23-14-16-4-2-3-5-18(16)24-10-8-22-9-11-24/h2-7,12-13,22H,8-11,14H2,1H3,(H,23,25). The van der Waals surface area contributed by atoms with Gasteiger partial charge in [-0.1, -0.05) is 35.9 Å². The number of nitrogens with one attached hydrogen (secondary N) is 2. The Labute approximate surface area is 157 Å². The van der Waals surface area contributed by atoms with E-state index in [-0.39, 0.29) is 5.91 Å². The first-order valence-corrected chi connectivity index (χ1v) is 9.84. The van der Waals surface area contributed by atoms with Crippen molar-refractivity contribution in [1.29, 1.82) is 0 Å². The van der Waals surface area contributed by atoms with Gasteiger partial charge in [0.1, 0.15) is 0 Å². The first-order valence-electron chi connectivity index (χ1n) is 9.03. The van der Waals surface area contributed by atoms with Crippen molar-refractivity contribution < 1.29 is 4.79 Å². The molecule has 3 aromatic rings. The van der Waals surface area contributed by atoms with E-state index in [1.165, 1.54) is 16.8 Å². The van der Waals surface area contributed by atoms with Crippen molar-refractivity contribution in [3.05, 3.63) is 64.5 Å². The number of hydrogen-bond acceptors (Lipinski definition) is 4. The summed E-state index contributed by atoms with van der Waals surface area (Å²) in [5.41, 5.74) is 3.60. The summed E-state index contributed by atoms with van der Waals surface area (Å²) >= 11 is 1.55. The summed E-state index contributed by atoms with van der Waals surface area (Å²) in [5, 5.41) is 7.62. The van der Waals surface area contributed by atoms with Crippen molar-refractivity contribution in [1.82, 2.24) is 10.6 Å². The van der Waals surface area contributed by atoms with Gasteiger partial charge in [-0.15, -0.1) is 11.3 Å². The molecule has 0 atom stereocenters. The lowest BCUT2D eigenvalue weighted by molar-refractivity contribution is 0.0955. The van der Waals surface area contributed by atoms with E-state index < -0.39 is 0 Å². The highest BCUT2D eigenvalue weighted by atomic mass is 32.1. The van der Waals surface area contributed by atoms with Crippen LogP contribution in [0.4, 0.5) is 5.69 Å². The van der Waals surface area contributed by atoms with Crippen LogP contribution in [-0.4, -0.2) is 32.1 Å². The third-order valence-electron chi connectivity index (χ3n) is 4.78. The number of rotatable bonds is 4. The predicted octanol–water partition coefficient (Wildman–Crippen LogP) is 3.55. The lowest BCUT2D eigenvalue weighted by Crippen LogP contribution is -2.44. The van der Waals surface area contributed by atoms with E-state index in [0.717, 1.165) is 41.1 Å². The molecule has 0 radical (unpaired) electrons. The second kappa shape index (κ2) is 7.48. The number of fused-ring (bicyclic) bond motifs is 1. The molecule has 134 valence electrons. The Morgan fingerprint density at radius 2 is 1.96 bits per heavy atom. The maximum absolute atomic E-state index is 12.6. The van der Waals surface area contributed by atoms with Gasteiger partial charge in [-0.3, -0.25) is 4.79 Å². The van der Waals surface area contributed by atoms with Crippen molar-refractivity contribution in [3.63, 3.8) is 0 Å². The molecule has 1 fully saturated rings. The Bertz CT molecular complexity index is 928. The van der Waals surface area contributed by atoms with Gasteiger partial charge in [0.2, 0.25) is 0 Å². The molecule has 0 aliphatic carbocycles. The number of carbonyl (C=O) groups excluding carboxylic acids is 1. The largest absolute Gasteiger partial charge is 0.369 e. The molecule has 4 rings (SSSR count). The van der Waals surface area contributed by atoms with Crippen molar-refractivity contribution in [3.8, 4) is 0 Å². The van der Waals surface area contributed by atoms with Crippen LogP contribution in [0.2, 0.25) is 0 Å². The molecule has 0 spiro atoms. The molecular weight excluding hydrogens is 342 g/mol. The maximum atomic E-state index is 12.6. The van der Waals surface area contributed by atoms with Crippen LogP contribution in [0.1, 0.15) is 20.8 Å². The molecule has 2 heterocycles. The molecule has 1 amide bonds. The van der Waals surface area contributed by atoms with E-state index in [9.17, 15) is 4.79 Å². The summed E-state index contributed by atoms with van der Waals surface area (Å²) in [6, 6.07) is 16.6. The van der Waals surface area contributed by atoms with Gasteiger partial charge in [0.25, 0.3) is 5.91 Å². The first-order chi connectivity index (χ1) is 12.7. The van der Waals surface area contributed by atoms with Crippen LogP contribution in [-0.2, 0) is 6.54 Å². The molecule has 1 aliphatic heterocycles. The number of carbonyl (C=O) groups is 1. The molecule has 0 saturated carbocycles. The van der Waals surface area contributed by atoms with Crippen molar-refractivity contribution >= 4 is 33.0 Å². The SMILES string of the molecule is Cc1ccc2sc(C(=O)NCc3ccccc3N3CCNCC3)cc2c1. The fraction of sp³-hybridized carbons (Fsp3) is 0.286. The molecule has 1 aliphatic rings. The number of aryl methyl sites for hydroxylation is 1. The van der Waals surface area contributed by atoms with E-state index in [2.05, 4.69) is 58.9 Å². The van der Waals surface area contributed by atoms with E-state index >= 15 is 0 Å². The van der Waals surface area contributed by atoms with Crippen LogP contribution in [0.5, 0.6) is 0 Å². The molecule has 5 heteroatoms. The monoisotopic (exact) mass is 365 g/mol. The first kappa shape index (κ1) is 17.1. The van der Waals surface area contributed by atoms with Gasteiger partial charge in [-0.25, -0.2) is 0 Å². The number of piperazine rings is 1. The van der Waals surface area contributed by atoms with E-state index in [4.69, 9.17) is 0 Å². The fourth-order valence-corrected chi connectivity index (χ4v) is 4.37. The number of benzene rings is 2. The van der Waals surface area contributed by atoms with Crippen molar-refractivity contribution in [2.24, 2.45) is 0 Å². The highest BCUT2D eigenvalue weighted by Crippen LogP contribution is 2.27. The van der Waals surface area contributed by atoms with Gasteiger partial charge in [0.05, 0.1) is 4.88 Å². The molecule has 4 nitrogen and oxygen atoms in total. The molecule has 2 aromatic carbocycles. The Morgan fingerprint density at radius 1 is 1.15 bits per heavy atom. The van der Waals surface area contributed by atoms with Crippen molar-refractivity contribution in [2.75, 3.05) is 31.1 Å². The molecule has 1 aromatic heterocycles. The van der Waals surface area contributed by atoms with Crippen LogP contribution in [0.15, 0.2) is 48.5 Å². The topological polar surface area (TPSA) is 44.4 Å². The Balaban J connectivity index is 1.48. The zero-order valence-corrected chi connectivity index (χ0v) is 15.7. The number of amides is 1. The van der Waals surface area contributed by atoms with Crippen LogP contribution >= 0.6 is 11.3 Å². The van der Waals surface area contributed by atoms with E-state index in [1.807, 2.05) is 12.1 Å². The number of thiophene rings is 1. The van der Waals surface area contributed by atoms with E-state index in [0.29, 0.717) is 6.54 Å². The molecular formula is C21H23N3OS. The van der Waals surface area contributed by atoms with Crippen LogP contribution < -0.4 is 15.5 Å². The molecule has 2 N–H and O–H groups in total. The molecule has 26 heavy (non-hydrogen) atoms. The summed E-state index contributed by atoms with van der Waals surface area (Å²) < 4.78 is 1.15. The predicted molar refractivity (Wildman–Crippen MR) is 109 cm³/mol. The van der Waals surface area contributed by atoms with Gasteiger partial charge in [0.15, 0.2) is 0 Å². The normalized spacial score (nSPS) is 14.6. The van der Waals surface area contributed by atoms with Gasteiger partial charge in [-0.05, 0) is 36.1 Å². The third-order valence-corrected chi connectivity index (χ3v) is 5.90. The smallest absolute Gasteiger partial charge is 0.261 e. The van der Waals surface area contributed by atoms with Gasteiger partial charge < -0.3 is 15.5 Å². The summed E-state index contributed by atoms with van der Waals surface area (Å²) in [7, 11) is 0. The lowest BCUT2D eigenvalue weighted by atomic mass is 10.1. The Morgan fingerprint density at radius 3 is 2.81 bits per heavy atom. The average molecular weight is 366 g/mol. The highest BCUT2D eigenvalue weighted by Gasteiger charge is 2.15. The fourth-order valence-electron chi connectivity index (χ4n) is 3.41. The van der Waals surface area contributed by atoms with Gasteiger partial charge >= 0.3 is 0 Å². The minimum Gasteiger partial charge on any atom is -0.369 e. The Hall–Kier alpha value is -2.37. The van der Waals surface area contributed by atoms with Gasteiger partial charge in [0, 0.05) is 43.1 Å². The third kappa shape index (κ3) is 3.59. The van der Waals surface area contributed by atoms with Gasteiger partial charge in [-0.2, -0.15) is 0 Å². The zero-order valence-electron chi connectivity index (χ0n) is 14.9. The number of para-hydroxylation sites is 1. The number of nitrogens with zero attached hydrogens (tertiary/aromatic N) is 1. The van der Waals surface area contributed by atoms with Crippen LogP contribution in [0, 0.1) is 6.92 Å². The molecule has 1 saturated heterocycles. The lowest BCUT2D eigenvalue weighted by Gasteiger charge is -2.31. The summed E-state index contributed by atoms with van der Waals surface area (Å²) in [5.74, 6) is -0.000957. The summed E-state index contributed by atoms with van der Waals surface area (Å²) in [4.78, 5) is 15.8. The highest BCUT2D eigenvalue weighted by molar-refractivity contribution is 7.20. The quantitative estimate of drug-likeness (QED) is 0.743. The average Bonchev–Trinajstić information content (AvgIpc) is 3.10. The van der Waals surface area contributed by atoms with Crippen LogP contribution in [0.25, 0.3) is 10.1 Å². The molecule has 0 bridgehead atoms. The summed E-state index contributed by atoms with van der Waals surface area (Å²) in [6.45, 7) is 6.63. The number of hydrogen-bond donors (Lipinski definition) is 2. The second-order valence-corrected chi connectivity index (χ2v) is 7.78. The maximum Gasteiger partial charge on any atom is 0.261 e. The minimum atomic E-state index is -0.000957. The van der Waals surface area contributed by atoms with Crippen LogP contribution in [0.3, 0.4) is 0 Å². The molecule has 0 unspecified atom stereocenters. The Kier molecular flexibility index (Phi) is 4.91. The summed E-state index contributed by atoms with van der Waals surface area (Å²) in [6.07, 6.45) is 0. The number of anilines is 1. The van der Waals surface area contributed by atoms with E-state index in [1.54, 1.807) is 11.3 Å².